The number of allylic oxidation sites excluding steroid dienone is 2. The maximum atomic E-state index is 4.42. The molecule has 0 atom stereocenters. The van der Waals surface area contributed by atoms with Gasteiger partial charge in [0.25, 0.3) is 0 Å². The van der Waals surface area contributed by atoms with Gasteiger partial charge in [0, 0.05) is 11.3 Å². The van der Waals surface area contributed by atoms with Gasteiger partial charge in [-0.15, -0.1) is 0 Å². The minimum absolute atomic E-state index is 0.610. The molecule has 0 radical (unpaired) electrons. The molecule has 0 saturated heterocycles. The van der Waals surface area contributed by atoms with Gasteiger partial charge >= 0.3 is 0 Å². The fourth-order valence-corrected chi connectivity index (χ4v) is 3.59. The lowest BCUT2D eigenvalue weighted by Gasteiger charge is -2.08. The van der Waals surface area contributed by atoms with Crippen LogP contribution in [0.5, 0.6) is 0 Å². The van der Waals surface area contributed by atoms with E-state index in [9.17, 15) is 0 Å². The van der Waals surface area contributed by atoms with Crippen LogP contribution >= 0.6 is 0 Å². The summed E-state index contributed by atoms with van der Waals surface area (Å²) < 4.78 is 0. The Labute approximate surface area is 158 Å². The highest BCUT2D eigenvalue weighted by Gasteiger charge is 2.13. The summed E-state index contributed by atoms with van der Waals surface area (Å²) in [6.07, 6.45) is 3.44. The second kappa shape index (κ2) is 7.61. The summed E-state index contributed by atoms with van der Waals surface area (Å²) in [5.41, 5.74) is 11.2. The van der Waals surface area contributed by atoms with Crippen molar-refractivity contribution in [2.75, 3.05) is 0 Å². The summed E-state index contributed by atoms with van der Waals surface area (Å²) in [5, 5.41) is 0. The molecule has 2 aromatic carbocycles. The molecule has 0 fully saturated rings. The molecule has 4 rings (SSSR count). The van der Waals surface area contributed by atoms with Gasteiger partial charge in [-0.1, -0.05) is 64.1 Å². The van der Waals surface area contributed by atoms with Gasteiger partial charge < -0.3 is 0 Å². The van der Waals surface area contributed by atoms with Gasteiger partial charge in [-0.05, 0) is 71.6 Å². The number of benzene rings is 2. The molecule has 0 amide bonds. The van der Waals surface area contributed by atoms with E-state index in [4.69, 9.17) is 0 Å². The van der Waals surface area contributed by atoms with Gasteiger partial charge in [0.15, 0.2) is 0 Å². The van der Waals surface area contributed by atoms with Gasteiger partial charge in [-0.3, -0.25) is 4.99 Å². The fraction of sp³-hybridized carbons (Fsp3) is 0.400. The van der Waals surface area contributed by atoms with Gasteiger partial charge in [-0.2, -0.15) is 0 Å². The number of aliphatic imine (C=N–C) groups is 1. The third kappa shape index (κ3) is 3.82. The molecule has 1 heterocycles. The second-order valence-corrected chi connectivity index (χ2v) is 8.14. The van der Waals surface area contributed by atoms with Crippen LogP contribution in [0.1, 0.15) is 86.8 Å². The molecule has 1 aliphatic heterocycles. The molecule has 0 unspecified atom stereocenters. The average Bonchev–Trinajstić information content (AvgIpc) is 3.18. The van der Waals surface area contributed by atoms with Crippen molar-refractivity contribution < 1.29 is 0 Å². The Bertz CT molecular complexity index is 792. The smallest absolute Gasteiger partial charge is 0.0649 e. The molecule has 2 aliphatic rings. The van der Waals surface area contributed by atoms with Crippen LogP contribution in [0.25, 0.3) is 5.57 Å². The number of nitrogens with zero attached hydrogens (tertiary/aromatic N) is 1. The first-order valence-corrected chi connectivity index (χ1v) is 9.81. The molecule has 0 spiro atoms. The number of fused-ring (bicyclic) bond motifs is 2. The molecule has 136 valence electrons. The average molecular weight is 346 g/mol. The van der Waals surface area contributed by atoms with Crippen LogP contribution in [0.3, 0.4) is 0 Å². The first kappa shape index (κ1) is 18.6. The third-order valence-electron chi connectivity index (χ3n) is 5.53. The molecule has 2 aromatic rings. The minimum atomic E-state index is 0.610. The fourth-order valence-electron chi connectivity index (χ4n) is 3.59. The predicted molar refractivity (Wildman–Crippen MR) is 114 cm³/mol. The number of hydrogen-bond acceptors (Lipinski definition) is 1. The van der Waals surface area contributed by atoms with Crippen molar-refractivity contribution in [3.63, 3.8) is 0 Å². The molecule has 0 bridgehead atoms. The Morgan fingerprint density at radius 3 is 1.96 bits per heavy atom. The van der Waals surface area contributed by atoms with E-state index in [2.05, 4.69) is 89.0 Å². The van der Waals surface area contributed by atoms with Gasteiger partial charge in [0.05, 0.1) is 6.54 Å². The highest BCUT2D eigenvalue weighted by atomic mass is 14.8. The summed E-state index contributed by atoms with van der Waals surface area (Å²) in [6, 6.07) is 13.6. The molecule has 1 heteroatoms. The first-order chi connectivity index (χ1) is 12.4. The monoisotopic (exact) mass is 345 g/mol. The zero-order valence-electron chi connectivity index (χ0n) is 17.1. The second-order valence-electron chi connectivity index (χ2n) is 8.14. The van der Waals surface area contributed by atoms with E-state index in [0.717, 1.165) is 13.0 Å². The predicted octanol–water partition coefficient (Wildman–Crippen LogP) is 6.90. The highest BCUT2D eigenvalue weighted by molar-refractivity contribution is 6.02. The van der Waals surface area contributed by atoms with Crippen LogP contribution in [0, 0.1) is 0 Å². The molecule has 1 aliphatic carbocycles. The molecule has 0 aromatic heterocycles. The van der Waals surface area contributed by atoms with E-state index in [1.54, 1.807) is 0 Å². The Hall–Kier alpha value is -2.15. The Morgan fingerprint density at radius 1 is 0.769 bits per heavy atom. The van der Waals surface area contributed by atoms with E-state index in [0.29, 0.717) is 11.8 Å². The Kier molecular flexibility index (Phi) is 5.46. The van der Waals surface area contributed by atoms with Crippen molar-refractivity contribution in [2.45, 2.75) is 66.3 Å². The van der Waals surface area contributed by atoms with E-state index in [1.807, 2.05) is 0 Å². The van der Waals surface area contributed by atoms with Crippen LogP contribution in [-0.2, 0) is 13.0 Å². The maximum Gasteiger partial charge on any atom is 0.0649 e. The summed E-state index contributed by atoms with van der Waals surface area (Å²) in [5.74, 6) is 1.25. The molecular weight excluding hydrogens is 314 g/mol. The lowest BCUT2D eigenvalue weighted by molar-refractivity contribution is 0.865. The van der Waals surface area contributed by atoms with Crippen molar-refractivity contribution in [3.8, 4) is 0 Å². The minimum Gasteiger partial charge on any atom is -0.285 e. The van der Waals surface area contributed by atoms with Crippen LogP contribution in [0.15, 0.2) is 47.5 Å². The summed E-state index contributed by atoms with van der Waals surface area (Å²) >= 11 is 0. The van der Waals surface area contributed by atoms with Crippen molar-refractivity contribution >= 4 is 11.3 Å². The van der Waals surface area contributed by atoms with Crippen LogP contribution in [0.4, 0.5) is 0 Å². The van der Waals surface area contributed by atoms with Gasteiger partial charge in [0.1, 0.15) is 0 Å². The number of rotatable bonds is 2. The van der Waals surface area contributed by atoms with Gasteiger partial charge in [0.2, 0.25) is 0 Å². The normalized spacial score (nSPS) is 14.6. The Morgan fingerprint density at radius 2 is 1.35 bits per heavy atom. The van der Waals surface area contributed by atoms with Gasteiger partial charge in [-0.25, -0.2) is 0 Å². The third-order valence-corrected chi connectivity index (χ3v) is 5.53. The highest BCUT2D eigenvalue weighted by Crippen LogP contribution is 2.29. The quantitative estimate of drug-likeness (QED) is 0.561. The molecule has 0 N–H and O–H groups in total. The van der Waals surface area contributed by atoms with Crippen molar-refractivity contribution in [1.82, 2.24) is 0 Å². The van der Waals surface area contributed by atoms with Crippen molar-refractivity contribution in [3.05, 3.63) is 75.9 Å². The van der Waals surface area contributed by atoms with Crippen LogP contribution in [-0.4, -0.2) is 5.71 Å². The topological polar surface area (TPSA) is 12.4 Å². The zero-order valence-corrected chi connectivity index (χ0v) is 17.1. The zero-order chi connectivity index (χ0) is 18.8. The van der Waals surface area contributed by atoms with Crippen LogP contribution < -0.4 is 0 Å². The molecular formula is C25H31N. The lowest BCUT2D eigenvalue weighted by Crippen LogP contribution is -1.95. The SMILES string of the molecule is CC1=CCc2ccc(C(C)C)cc21.CC1=NCc2ccc(C(C)C)cc21. The van der Waals surface area contributed by atoms with E-state index in [-0.39, 0.29) is 0 Å². The van der Waals surface area contributed by atoms with Crippen LogP contribution in [0.2, 0.25) is 0 Å². The lowest BCUT2D eigenvalue weighted by atomic mass is 9.97. The largest absolute Gasteiger partial charge is 0.285 e. The summed E-state index contributed by atoms with van der Waals surface area (Å²) in [7, 11) is 0. The Balaban J connectivity index is 0.000000151. The molecule has 26 heavy (non-hydrogen) atoms. The first-order valence-electron chi connectivity index (χ1n) is 9.81. The standard InChI is InChI=1S/C13H16.C12H15N/c1-9(2)12-7-6-11-5-4-10(3)13(11)8-12;1-8(2)10-4-5-11-7-13-9(3)12(11)6-10/h4,6-9H,5H2,1-3H3;4-6,8H,7H2,1-3H3. The van der Waals surface area contributed by atoms with Crippen molar-refractivity contribution in [2.24, 2.45) is 4.99 Å². The maximum absolute atomic E-state index is 4.42. The van der Waals surface area contributed by atoms with E-state index in [1.165, 1.54) is 44.7 Å². The molecule has 1 nitrogen and oxygen atoms in total. The molecule has 0 saturated carbocycles. The van der Waals surface area contributed by atoms with Crippen molar-refractivity contribution in [1.29, 1.82) is 0 Å². The summed E-state index contributed by atoms with van der Waals surface area (Å²) in [4.78, 5) is 4.42. The number of hydrogen-bond donors (Lipinski definition) is 0. The van der Waals surface area contributed by atoms with E-state index < -0.39 is 0 Å². The van der Waals surface area contributed by atoms with E-state index >= 15 is 0 Å². The summed E-state index contributed by atoms with van der Waals surface area (Å²) in [6.45, 7) is 14.1.